The van der Waals surface area contributed by atoms with Gasteiger partial charge in [-0.05, 0) is 31.9 Å². The van der Waals surface area contributed by atoms with E-state index in [4.69, 9.17) is 16.3 Å². The van der Waals surface area contributed by atoms with Crippen LogP contribution in [0.5, 0.6) is 0 Å². The summed E-state index contributed by atoms with van der Waals surface area (Å²) in [6.07, 6.45) is 3.76. The van der Waals surface area contributed by atoms with Crippen LogP contribution >= 0.6 is 11.6 Å². The normalized spacial score (nSPS) is 17.6. The van der Waals surface area contributed by atoms with Crippen molar-refractivity contribution in [2.45, 2.75) is 25.9 Å². The van der Waals surface area contributed by atoms with Gasteiger partial charge in [0.25, 0.3) is 5.91 Å². The summed E-state index contributed by atoms with van der Waals surface area (Å²) >= 11 is 6.19. The van der Waals surface area contributed by atoms with E-state index in [0.29, 0.717) is 17.1 Å². The molecule has 1 aliphatic rings. The molecule has 0 radical (unpaired) electrons. The van der Waals surface area contributed by atoms with Gasteiger partial charge in [0.2, 0.25) is 0 Å². The van der Waals surface area contributed by atoms with E-state index in [0.717, 1.165) is 30.8 Å². The van der Waals surface area contributed by atoms with Crippen LogP contribution in [0.25, 0.3) is 5.69 Å². The van der Waals surface area contributed by atoms with Crippen LogP contribution in [-0.2, 0) is 4.74 Å². The minimum Gasteiger partial charge on any atom is -0.376 e. The van der Waals surface area contributed by atoms with E-state index in [1.54, 1.807) is 16.9 Å². The largest absolute Gasteiger partial charge is 0.376 e. The Labute approximate surface area is 134 Å². The molecule has 1 saturated heterocycles. The van der Waals surface area contributed by atoms with Crippen molar-refractivity contribution in [1.82, 2.24) is 15.1 Å². The van der Waals surface area contributed by atoms with Crippen molar-refractivity contribution in [2.24, 2.45) is 0 Å². The summed E-state index contributed by atoms with van der Waals surface area (Å²) in [5, 5.41) is 7.80. The van der Waals surface area contributed by atoms with Crippen molar-refractivity contribution in [2.75, 3.05) is 13.2 Å². The highest BCUT2D eigenvalue weighted by Gasteiger charge is 2.19. The Morgan fingerprint density at radius 1 is 1.50 bits per heavy atom. The van der Waals surface area contributed by atoms with Gasteiger partial charge < -0.3 is 10.1 Å². The molecule has 22 heavy (non-hydrogen) atoms. The molecule has 5 nitrogen and oxygen atoms in total. The molecular formula is C16H18ClN3O2. The second-order valence-electron chi connectivity index (χ2n) is 5.35. The van der Waals surface area contributed by atoms with E-state index in [9.17, 15) is 4.79 Å². The highest BCUT2D eigenvalue weighted by Crippen LogP contribution is 2.22. The van der Waals surface area contributed by atoms with Crippen molar-refractivity contribution in [3.8, 4) is 5.69 Å². The Morgan fingerprint density at radius 2 is 2.32 bits per heavy atom. The van der Waals surface area contributed by atoms with Crippen molar-refractivity contribution >= 4 is 17.5 Å². The van der Waals surface area contributed by atoms with E-state index < -0.39 is 0 Å². The third kappa shape index (κ3) is 3.00. The summed E-state index contributed by atoms with van der Waals surface area (Å²) in [5.74, 6) is -0.133. The van der Waals surface area contributed by atoms with Crippen LogP contribution in [-0.4, -0.2) is 34.9 Å². The summed E-state index contributed by atoms with van der Waals surface area (Å²) in [4.78, 5) is 12.3. The number of para-hydroxylation sites is 1. The van der Waals surface area contributed by atoms with Gasteiger partial charge in [0.1, 0.15) is 0 Å². The number of carbonyl (C=O) groups excluding carboxylic acids is 1. The third-order valence-electron chi connectivity index (χ3n) is 3.85. The standard InChI is InChI=1S/C16H18ClN3O2/c1-11-13(16(21)18-9-12-5-4-8-22-12)10-19-20(11)15-7-3-2-6-14(15)17/h2-3,6-7,10,12H,4-5,8-9H2,1H3,(H,18,21)/t12-/m1/s1. The number of benzene rings is 1. The average Bonchev–Trinajstić information content (AvgIpc) is 3.15. The number of nitrogens with one attached hydrogen (secondary N) is 1. The third-order valence-corrected chi connectivity index (χ3v) is 4.17. The van der Waals surface area contributed by atoms with Crippen molar-refractivity contribution < 1.29 is 9.53 Å². The van der Waals surface area contributed by atoms with E-state index >= 15 is 0 Å². The number of carbonyl (C=O) groups is 1. The molecular weight excluding hydrogens is 302 g/mol. The molecule has 1 aliphatic heterocycles. The molecule has 2 aromatic rings. The maximum atomic E-state index is 12.3. The smallest absolute Gasteiger partial charge is 0.254 e. The first-order valence-electron chi connectivity index (χ1n) is 7.36. The molecule has 0 saturated carbocycles. The Balaban J connectivity index is 1.75. The van der Waals surface area contributed by atoms with Gasteiger partial charge in [-0.15, -0.1) is 0 Å². The SMILES string of the molecule is Cc1c(C(=O)NC[C@H]2CCCO2)cnn1-c1ccccc1Cl. The van der Waals surface area contributed by atoms with Crippen LogP contribution in [0, 0.1) is 6.92 Å². The maximum Gasteiger partial charge on any atom is 0.254 e. The lowest BCUT2D eigenvalue weighted by molar-refractivity contribution is 0.0857. The predicted molar refractivity (Wildman–Crippen MR) is 84.6 cm³/mol. The summed E-state index contributed by atoms with van der Waals surface area (Å²) in [6, 6.07) is 7.42. The molecule has 1 N–H and O–H groups in total. The van der Waals surface area contributed by atoms with Gasteiger partial charge in [-0.2, -0.15) is 5.10 Å². The summed E-state index contributed by atoms with van der Waals surface area (Å²) in [6.45, 7) is 3.18. The van der Waals surface area contributed by atoms with Gasteiger partial charge in [0.15, 0.2) is 0 Å². The molecule has 0 spiro atoms. The topological polar surface area (TPSA) is 56.1 Å². The van der Waals surface area contributed by atoms with Gasteiger partial charge in [-0.3, -0.25) is 4.79 Å². The monoisotopic (exact) mass is 319 g/mol. The van der Waals surface area contributed by atoms with Crippen LogP contribution in [0.3, 0.4) is 0 Å². The minimum atomic E-state index is -0.133. The van der Waals surface area contributed by atoms with Gasteiger partial charge in [0.05, 0.1) is 34.3 Å². The maximum absolute atomic E-state index is 12.3. The lowest BCUT2D eigenvalue weighted by Gasteiger charge is -2.11. The van der Waals surface area contributed by atoms with E-state index in [1.165, 1.54) is 0 Å². The predicted octanol–water partition coefficient (Wildman–Crippen LogP) is 2.74. The van der Waals surface area contributed by atoms with Crippen molar-refractivity contribution in [3.63, 3.8) is 0 Å². The van der Waals surface area contributed by atoms with Crippen molar-refractivity contribution in [3.05, 3.63) is 46.7 Å². The van der Waals surface area contributed by atoms with Crippen LogP contribution in [0.2, 0.25) is 5.02 Å². The number of ether oxygens (including phenoxy) is 1. The molecule has 1 aromatic heterocycles. The molecule has 0 unspecified atom stereocenters. The molecule has 0 bridgehead atoms. The molecule has 6 heteroatoms. The van der Waals surface area contributed by atoms with Gasteiger partial charge in [-0.1, -0.05) is 23.7 Å². The number of hydrogen-bond donors (Lipinski definition) is 1. The molecule has 3 rings (SSSR count). The Hall–Kier alpha value is -1.85. The molecule has 0 aliphatic carbocycles. The second kappa shape index (κ2) is 6.50. The summed E-state index contributed by atoms with van der Waals surface area (Å²) in [5.41, 5.74) is 2.08. The number of halogens is 1. The Kier molecular flexibility index (Phi) is 4.45. The van der Waals surface area contributed by atoms with Gasteiger partial charge in [0, 0.05) is 13.2 Å². The first-order valence-corrected chi connectivity index (χ1v) is 7.74. The van der Waals surface area contributed by atoms with E-state index in [-0.39, 0.29) is 12.0 Å². The average molecular weight is 320 g/mol. The zero-order valence-electron chi connectivity index (χ0n) is 12.4. The number of nitrogens with zero attached hydrogens (tertiary/aromatic N) is 2. The van der Waals surface area contributed by atoms with E-state index in [1.807, 2.05) is 25.1 Å². The zero-order chi connectivity index (χ0) is 15.5. The zero-order valence-corrected chi connectivity index (χ0v) is 13.1. The van der Waals surface area contributed by atoms with Gasteiger partial charge in [-0.25, -0.2) is 4.68 Å². The summed E-state index contributed by atoms with van der Waals surface area (Å²) in [7, 11) is 0. The molecule has 1 fully saturated rings. The van der Waals surface area contributed by atoms with Crippen molar-refractivity contribution in [1.29, 1.82) is 0 Å². The fraction of sp³-hybridized carbons (Fsp3) is 0.375. The van der Waals surface area contributed by atoms with Crippen LogP contribution in [0.4, 0.5) is 0 Å². The van der Waals surface area contributed by atoms with Gasteiger partial charge >= 0.3 is 0 Å². The fourth-order valence-electron chi connectivity index (χ4n) is 2.61. The first kappa shape index (κ1) is 15.1. The number of amides is 1. The molecule has 1 atom stereocenters. The summed E-state index contributed by atoms with van der Waals surface area (Å²) < 4.78 is 7.19. The lowest BCUT2D eigenvalue weighted by Crippen LogP contribution is -2.32. The highest BCUT2D eigenvalue weighted by atomic mass is 35.5. The molecule has 2 heterocycles. The quantitative estimate of drug-likeness (QED) is 0.942. The highest BCUT2D eigenvalue weighted by molar-refractivity contribution is 6.32. The fourth-order valence-corrected chi connectivity index (χ4v) is 2.82. The number of aromatic nitrogens is 2. The molecule has 1 amide bonds. The first-order chi connectivity index (χ1) is 10.7. The lowest BCUT2D eigenvalue weighted by atomic mass is 10.2. The van der Waals surface area contributed by atoms with Crippen LogP contribution in [0.15, 0.2) is 30.5 Å². The molecule has 1 aromatic carbocycles. The van der Waals surface area contributed by atoms with Crippen LogP contribution in [0.1, 0.15) is 28.9 Å². The second-order valence-corrected chi connectivity index (χ2v) is 5.76. The Morgan fingerprint density at radius 3 is 3.05 bits per heavy atom. The number of hydrogen-bond acceptors (Lipinski definition) is 3. The van der Waals surface area contributed by atoms with E-state index in [2.05, 4.69) is 10.4 Å². The molecule has 116 valence electrons. The van der Waals surface area contributed by atoms with Crippen LogP contribution < -0.4 is 5.32 Å². The number of rotatable bonds is 4. The Bertz CT molecular complexity index is 678. The minimum absolute atomic E-state index is 0.128.